The molecule has 0 unspecified atom stereocenters. The van der Waals surface area contributed by atoms with Crippen LogP contribution in [0.3, 0.4) is 0 Å². The fraction of sp³-hybridized carbons (Fsp3) is 0.286. The second kappa shape index (κ2) is 5.56. The Labute approximate surface area is 137 Å². The Balaban J connectivity index is 2.42. The smallest absolute Gasteiger partial charge is 0.417 e. The van der Waals surface area contributed by atoms with Gasteiger partial charge >= 0.3 is 18.1 Å². The van der Waals surface area contributed by atoms with Crippen molar-refractivity contribution in [3.63, 3.8) is 0 Å². The quantitative estimate of drug-likeness (QED) is 0.299. The van der Waals surface area contributed by atoms with Gasteiger partial charge in [0.2, 0.25) is 0 Å². The Morgan fingerprint density at radius 2 is 1.68 bits per heavy atom. The number of carbonyl (C=O) groups is 2. The van der Waals surface area contributed by atoms with Crippen LogP contribution in [0.4, 0.5) is 13.2 Å². The Morgan fingerprint density at radius 3 is 2.18 bits per heavy atom. The fourth-order valence-corrected chi connectivity index (χ4v) is 2.44. The maximum absolute atomic E-state index is 12.9. The van der Waals surface area contributed by atoms with Crippen LogP contribution in [-0.4, -0.2) is 17.7 Å². The molecule has 0 atom stereocenters. The molecule has 118 valence electrons. The molecule has 1 fully saturated rings. The Morgan fingerprint density at radius 1 is 1.14 bits per heavy atom. The third-order valence-electron chi connectivity index (χ3n) is 2.72. The fourth-order valence-electron chi connectivity index (χ4n) is 1.80. The second-order valence-corrected chi connectivity index (χ2v) is 6.14. The van der Waals surface area contributed by atoms with E-state index in [0.717, 1.165) is 12.1 Å². The van der Waals surface area contributed by atoms with Gasteiger partial charge < -0.3 is 9.47 Å². The molecule has 0 aromatic heterocycles. The number of hydrogen-bond acceptors (Lipinski definition) is 4. The highest BCUT2D eigenvalue weighted by Gasteiger charge is 2.39. The van der Waals surface area contributed by atoms with Crippen molar-refractivity contribution >= 4 is 40.6 Å². The maximum Gasteiger partial charge on any atom is 0.417 e. The SMILES string of the molecule is CC1(C)OC(=O)C(=Cc2ccc(I)c(C(F)(F)F)c2)C(=O)O1. The lowest BCUT2D eigenvalue weighted by atomic mass is 10.1. The van der Waals surface area contributed by atoms with Crippen molar-refractivity contribution in [2.24, 2.45) is 0 Å². The van der Waals surface area contributed by atoms with Gasteiger partial charge in [-0.1, -0.05) is 6.07 Å². The normalized spacial score (nSPS) is 17.8. The number of alkyl halides is 3. The maximum atomic E-state index is 12.9. The molecule has 1 aromatic carbocycles. The first kappa shape index (κ1) is 16.8. The first-order chi connectivity index (χ1) is 9.99. The lowest BCUT2D eigenvalue weighted by Gasteiger charge is -2.29. The number of carbonyl (C=O) groups excluding carboxylic acids is 2. The number of esters is 2. The molecule has 0 spiro atoms. The van der Waals surface area contributed by atoms with Crippen molar-refractivity contribution in [1.29, 1.82) is 0 Å². The summed E-state index contributed by atoms with van der Waals surface area (Å²) in [6.07, 6.45) is -3.51. The molecule has 8 heteroatoms. The van der Waals surface area contributed by atoms with Crippen LogP contribution in [0.15, 0.2) is 23.8 Å². The molecule has 22 heavy (non-hydrogen) atoms. The summed E-state index contributed by atoms with van der Waals surface area (Å²) in [5.41, 5.74) is -1.25. The molecule has 4 nitrogen and oxygen atoms in total. The second-order valence-electron chi connectivity index (χ2n) is 4.97. The van der Waals surface area contributed by atoms with Crippen LogP contribution in [0.2, 0.25) is 0 Å². The zero-order chi connectivity index (χ0) is 16.7. The summed E-state index contributed by atoms with van der Waals surface area (Å²) >= 11 is 1.56. The van der Waals surface area contributed by atoms with Gasteiger partial charge in [-0.2, -0.15) is 13.2 Å². The molecule has 2 rings (SSSR count). The van der Waals surface area contributed by atoms with E-state index in [1.54, 1.807) is 22.6 Å². The van der Waals surface area contributed by atoms with E-state index in [0.29, 0.717) is 0 Å². The molecule has 1 aliphatic heterocycles. The summed E-state index contributed by atoms with van der Waals surface area (Å²) in [5, 5.41) is 0. The molecule has 1 aromatic rings. The minimum Gasteiger partial charge on any atom is -0.419 e. The lowest BCUT2D eigenvalue weighted by molar-refractivity contribution is -0.222. The lowest BCUT2D eigenvalue weighted by Crippen LogP contribution is -2.41. The van der Waals surface area contributed by atoms with Crippen molar-refractivity contribution in [3.8, 4) is 0 Å². The van der Waals surface area contributed by atoms with Gasteiger partial charge in [0, 0.05) is 17.4 Å². The highest BCUT2D eigenvalue weighted by molar-refractivity contribution is 14.1. The van der Waals surface area contributed by atoms with Gasteiger partial charge in [-0.25, -0.2) is 9.59 Å². The topological polar surface area (TPSA) is 52.6 Å². The molecule has 0 bridgehead atoms. The van der Waals surface area contributed by atoms with E-state index >= 15 is 0 Å². The monoisotopic (exact) mass is 426 g/mol. The van der Waals surface area contributed by atoms with Crippen molar-refractivity contribution in [2.45, 2.75) is 25.8 Å². The van der Waals surface area contributed by atoms with Gasteiger partial charge in [-0.15, -0.1) is 0 Å². The Kier molecular flexibility index (Phi) is 4.24. The van der Waals surface area contributed by atoms with Crippen LogP contribution in [0, 0.1) is 3.57 Å². The highest BCUT2D eigenvalue weighted by atomic mass is 127. The minimum absolute atomic E-state index is 0.0159. The molecule has 0 saturated carbocycles. The molecule has 0 amide bonds. The van der Waals surface area contributed by atoms with Gasteiger partial charge in [-0.05, 0) is 46.4 Å². The average Bonchev–Trinajstić information content (AvgIpc) is 2.33. The van der Waals surface area contributed by atoms with E-state index in [1.165, 1.54) is 26.0 Å². The summed E-state index contributed by atoms with van der Waals surface area (Å²) in [7, 11) is 0. The van der Waals surface area contributed by atoms with E-state index in [2.05, 4.69) is 0 Å². The molecule has 1 aliphatic rings. The predicted molar refractivity (Wildman–Crippen MR) is 78.4 cm³/mol. The van der Waals surface area contributed by atoms with Crippen molar-refractivity contribution in [3.05, 3.63) is 38.5 Å². The van der Waals surface area contributed by atoms with Crippen LogP contribution >= 0.6 is 22.6 Å². The number of hydrogen-bond donors (Lipinski definition) is 0. The van der Waals surface area contributed by atoms with Crippen LogP contribution in [0.5, 0.6) is 0 Å². The molecule has 0 N–H and O–H groups in total. The number of benzene rings is 1. The van der Waals surface area contributed by atoms with Crippen molar-refractivity contribution in [2.75, 3.05) is 0 Å². The van der Waals surface area contributed by atoms with E-state index in [9.17, 15) is 22.8 Å². The summed E-state index contributed by atoms with van der Waals surface area (Å²) in [6.45, 7) is 2.76. The van der Waals surface area contributed by atoms with Crippen molar-refractivity contribution in [1.82, 2.24) is 0 Å². The average molecular weight is 426 g/mol. The standard InChI is InChI=1S/C14H10F3IO4/c1-13(2)21-11(19)8(12(20)22-13)5-7-3-4-10(18)9(6-7)14(15,16)17/h3-6H,1-2H3. The largest absolute Gasteiger partial charge is 0.419 e. The summed E-state index contributed by atoms with van der Waals surface area (Å²) < 4.78 is 48.3. The number of halogens is 4. The minimum atomic E-state index is -4.53. The van der Waals surface area contributed by atoms with E-state index in [1.807, 2.05) is 0 Å². The van der Waals surface area contributed by atoms with Gasteiger partial charge in [0.25, 0.3) is 5.79 Å². The summed E-state index contributed by atoms with van der Waals surface area (Å²) in [4.78, 5) is 23.5. The first-order valence-corrected chi connectivity index (χ1v) is 7.12. The van der Waals surface area contributed by atoms with Crippen LogP contribution in [0.1, 0.15) is 25.0 Å². The highest BCUT2D eigenvalue weighted by Crippen LogP contribution is 2.34. The van der Waals surface area contributed by atoms with Gasteiger partial charge in [0.15, 0.2) is 0 Å². The predicted octanol–water partition coefficient (Wildman–Crippen LogP) is 3.53. The number of ether oxygens (including phenoxy) is 2. The zero-order valence-electron chi connectivity index (χ0n) is 11.5. The Hall–Kier alpha value is -1.58. The van der Waals surface area contributed by atoms with Gasteiger partial charge in [0.1, 0.15) is 5.57 Å². The zero-order valence-corrected chi connectivity index (χ0v) is 13.6. The number of cyclic esters (lactones) is 2. The first-order valence-electron chi connectivity index (χ1n) is 6.05. The third kappa shape index (κ3) is 3.60. The van der Waals surface area contributed by atoms with Gasteiger partial charge in [0.05, 0.1) is 5.56 Å². The number of rotatable bonds is 1. The van der Waals surface area contributed by atoms with E-state index < -0.39 is 35.0 Å². The van der Waals surface area contributed by atoms with Crippen LogP contribution in [-0.2, 0) is 25.2 Å². The van der Waals surface area contributed by atoms with Crippen LogP contribution in [0.25, 0.3) is 6.08 Å². The third-order valence-corrected chi connectivity index (χ3v) is 3.66. The summed E-state index contributed by atoms with van der Waals surface area (Å²) in [5.74, 6) is -3.27. The van der Waals surface area contributed by atoms with E-state index in [-0.39, 0.29) is 9.13 Å². The molecular weight excluding hydrogens is 416 g/mol. The Bertz CT molecular complexity index is 655. The molecular formula is C14H10F3IO4. The molecule has 0 radical (unpaired) electrons. The van der Waals surface area contributed by atoms with Crippen molar-refractivity contribution < 1.29 is 32.2 Å². The molecule has 1 saturated heterocycles. The summed E-state index contributed by atoms with van der Waals surface area (Å²) in [6, 6.07) is 3.47. The molecule has 1 heterocycles. The van der Waals surface area contributed by atoms with Gasteiger partial charge in [-0.3, -0.25) is 0 Å². The molecule has 0 aliphatic carbocycles. The van der Waals surface area contributed by atoms with Crippen LogP contribution < -0.4 is 0 Å². The van der Waals surface area contributed by atoms with E-state index in [4.69, 9.17) is 9.47 Å².